The Labute approximate surface area is 99.9 Å². The number of nitrogens with two attached hydrogens (primary N) is 1. The van der Waals surface area contributed by atoms with Crippen molar-refractivity contribution in [3.05, 3.63) is 11.4 Å². The van der Waals surface area contributed by atoms with Gasteiger partial charge in [-0.1, -0.05) is 0 Å². The summed E-state index contributed by atoms with van der Waals surface area (Å²) in [7, 11) is 0. The monoisotopic (exact) mass is 238 g/mol. The van der Waals surface area contributed by atoms with E-state index in [4.69, 9.17) is 10.5 Å². The van der Waals surface area contributed by atoms with Crippen molar-refractivity contribution >= 4 is 11.6 Å². The second-order valence-corrected chi connectivity index (χ2v) is 4.31. The molecule has 0 saturated carbocycles. The van der Waals surface area contributed by atoms with E-state index in [0.717, 1.165) is 25.9 Å². The van der Waals surface area contributed by atoms with Crippen molar-refractivity contribution in [2.45, 2.75) is 32.3 Å². The zero-order valence-corrected chi connectivity index (χ0v) is 9.95. The maximum atomic E-state index is 11.8. The van der Waals surface area contributed by atoms with E-state index in [2.05, 4.69) is 15.5 Å². The SMILES string of the molecule is Cc1[nH]nc(C(=O)NCC2CCCCO2)c1N. The summed E-state index contributed by atoms with van der Waals surface area (Å²) in [5, 5.41) is 9.36. The number of nitrogens with zero attached hydrogens (tertiary/aromatic N) is 1. The van der Waals surface area contributed by atoms with E-state index in [9.17, 15) is 4.79 Å². The summed E-state index contributed by atoms with van der Waals surface area (Å²) in [5.41, 5.74) is 7.11. The number of hydrogen-bond acceptors (Lipinski definition) is 4. The number of aromatic nitrogens is 2. The fourth-order valence-corrected chi connectivity index (χ4v) is 1.87. The van der Waals surface area contributed by atoms with Gasteiger partial charge in [0.25, 0.3) is 5.91 Å². The van der Waals surface area contributed by atoms with Crippen LogP contribution in [0.2, 0.25) is 0 Å². The highest BCUT2D eigenvalue weighted by molar-refractivity contribution is 5.97. The van der Waals surface area contributed by atoms with Crippen LogP contribution in [-0.4, -0.2) is 35.4 Å². The van der Waals surface area contributed by atoms with Gasteiger partial charge in [-0.3, -0.25) is 9.89 Å². The van der Waals surface area contributed by atoms with E-state index in [1.807, 2.05) is 0 Å². The van der Waals surface area contributed by atoms with Crippen LogP contribution in [0.15, 0.2) is 0 Å². The third-order valence-electron chi connectivity index (χ3n) is 2.97. The van der Waals surface area contributed by atoms with Gasteiger partial charge < -0.3 is 15.8 Å². The number of anilines is 1. The average Bonchev–Trinajstić information content (AvgIpc) is 2.69. The number of ether oxygens (including phenoxy) is 1. The standard InChI is InChI=1S/C11H18N4O2/c1-7-9(12)10(15-14-7)11(16)13-6-8-4-2-3-5-17-8/h8H,2-6,12H2,1H3,(H,13,16)(H,14,15). The molecule has 0 bridgehead atoms. The van der Waals surface area contributed by atoms with Gasteiger partial charge in [-0.2, -0.15) is 5.10 Å². The fourth-order valence-electron chi connectivity index (χ4n) is 1.87. The Morgan fingerprint density at radius 2 is 2.47 bits per heavy atom. The van der Waals surface area contributed by atoms with Crippen LogP contribution in [0.3, 0.4) is 0 Å². The van der Waals surface area contributed by atoms with Crippen LogP contribution >= 0.6 is 0 Å². The van der Waals surface area contributed by atoms with E-state index in [1.54, 1.807) is 6.92 Å². The molecule has 1 fully saturated rings. The Hall–Kier alpha value is -1.56. The predicted molar refractivity (Wildman–Crippen MR) is 63.7 cm³/mol. The van der Waals surface area contributed by atoms with Crippen molar-refractivity contribution in [2.24, 2.45) is 0 Å². The lowest BCUT2D eigenvalue weighted by Gasteiger charge is -2.22. The molecule has 1 aliphatic rings. The highest BCUT2D eigenvalue weighted by Crippen LogP contribution is 2.14. The van der Waals surface area contributed by atoms with Gasteiger partial charge >= 0.3 is 0 Å². The molecular formula is C11H18N4O2. The van der Waals surface area contributed by atoms with Crippen molar-refractivity contribution in [3.8, 4) is 0 Å². The Morgan fingerprint density at radius 1 is 1.65 bits per heavy atom. The van der Waals surface area contributed by atoms with E-state index in [0.29, 0.717) is 17.9 Å². The molecule has 1 unspecified atom stereocenters. The van der Waals surface area contributed by atoms with Gasteiger partial charge in [0.2, 0.25) is 0 Å². The maximum Gasteiger partial charge on any atom is 0.274 e. The summed E-state index contributed by atoms with van der Waals surface area (Å²) in [4.78, 5) is 11.8. The average molecular weight is 238 g/mol. The summed E-state index contributed by atoms with van der Waals surface area (Å²) < 4.78 is 5.53. The van der Waals surface area contributed by atoms with Crippen molar-refractivity contribution in [1.82, 2.24) is 15.5 Å². The van der Waals surface area contributed by atoms with Crippen molar-refractivity contribution < 1.29 is 9.53 Å². The highest BCUT2D eigenvalue weighted by Gasteiger charge is 2.18. The molecule has 0 spiro atoms. The normalized spacial score (nSPS) is 20.2. The maximum absolute atomic E-state index is 11.8. The zero-order chi connectivity index (χ0) is 12.3. The molecule has 4 N–H and O–H groups in total. The number of nitrogen functional groups attached to an aromatic ring is 1. The Bertz CT molecular complexity index is 396. The molecular weight excluding hydrogens is 220 g/mol. The fraction of sp³-hybridized carbons (Fsp3) is 0.636. The number of rotatable bonds is 3. The lowest BCUT2D eigenvalue weighted by molar-refractivity contribution is 0.0168. The van der Waals surface area contributed by atoms with E-state index in [1.165, 1.54) is 0 Å². The number of carbonyl (C=O) groups excluding carboxylic acids is 1. The van der Waals surface area contributed by atoms with Crippen molar-refractivity contribution in [2.75, 3.05) is 18.9 Å². The lowest BCUT2D eigenvalue weighted by atomic mass is 10.1. The minimum atomic E-state index is -0.249. The van der Waals surface area contributed by atoms with Gasteiger partial charge in [0.15, 0.2) is 5.69 Å². The molecule has 2 heterocycles. The van der Waals surface area contributed by atoms with Gasteiger partial charge in [0.05, 0.1) is 17.5 Å². The Balaban J connectivity index is 1.86. The molecule has 1 aromatic heterocycles. The van der Waals surface area contributed by atoms with Crippen molar-refractivity contribution in [3.63, 3.8) is 0 Å². The number of aryl methyl sites for hydroxylation is 1. The number of amides is 1. The van der Waals surface area contributed by atoms with Crippen LogP contribution in [0.25, 0.3) is 0 Å². The van der Waals surface area contributed by atoms with Crippen LogP contribution in [0, 0.1) is 6.92 Å². The lowest BCUT2D eigenvalue weighted by Crippen LogP contribution is -2.35. The summed E-state index contributed by atoms with van der Waals surface area (Å²) in [6.45, 7) is 3.08. The third-order valence-corrected chi connectivity index (χ3v) is 2.97. The molecule has 94 valence electrons. The highest BCUT2D eigenvalue weighted by atomic mass is 16.5. The van der Waals surface area contributed by atoms with Crippen LogP contribution < -0.4 is 11.1 Å². The van der Waals surface area contributed by atoms with Gasteiger partial charge in [-0.25, -0.2) is 0 Å². The number of aromatic amines is 1. The van der Waals surface area contributed by atoms with Gasteiger partial charge in [-0.05, 0) is 26.2 Å². The first kappa shape index (κ1) is 11.9. The van der Waals surface area contributed by atoms with Crippen molar-refractivity contribution in [1.29, 1.82) is 0 Å². The topological polar surface area (TPSA) is 93.0 Å². The summed E-state index contributed by atoms with van der Waals surface area (Å²) in [6, 6.07) is 0. The smallest absolute Gasteiger partial charge is 0.274 e. The molecule has 0 aliphatic carbocycles. The van der Waals surface area contributed by atoms with Crippen LogP contribution in [0.5, 0.6) is 0 Å². The number of H-pyrrole nitrogens is 1. The van der Waals surface area contributed by atoms with Gasteiger partial charge in [-0.15, -0.1) is 0 Å². The molecule has 1 aromatic rings. The quantitative estimate of drug-likeness (QED) is 0.718. The largest absolute Gasteiger partial charge is 0.395 e. The van der Waals surface area contributed by atoms with Crippen LogP contribution in [0.1, 0.15) is 35.4 Å². The first-order chi connectivity index (χ1) is 8.18. The van der Waals surface area contributed by atoms with E-state index < -0.39 is 0 Å². The molecule has 6 nitrogen and oxygen atoms in total. The molecule has 6 heteroatoms. The molecule has 1 aliphatic heterocycles. The van der Waals surface area contributed by atoms with E-state index in [-0.39, 0.29) is 17.7 Å². The van der Waals surface area contributed by atoms with Gasteiger partial charge in [0, 0.05) is 13.2 Å². The minimum absolute atomic E-state index is 0.119. The summed E-state index contributed by atoms with van der Waals surface area (Å²) in [5.74, 6) is -0.249. The molecule has 0 aromatic carbocycles. The molecule has 1 saturated heterocycles. The molecule has 1 atom stereocenters. The molecule has 1 amide bonds. The first-order valence-corrected chi connectivity index (χ1v) is 5.88. The molecule has 17 heavy (non-hydrogen) atoms. The first-order valence-electron chi connectivity index (χ1n) is 5.88. The van der Waals surface area contributed by atoms with E-state index >= 15 is 0 Å². The zero-order valence-electron chi connectivity index (χ0n) is 9.95. The van der Waals surface area contributed by atoms with Crippen LogP contribution in [-0.2, 0) is 4.74 Å². The Kier molecular flexibility index (Phi) is 3.63. The molecule has 2 rings (SSSR count). The summed E-state index contributed by atoms with van der Waals surface area (Å²) >= 11 is 0. The Morgan fingerprint density at radius 3 is 3.06 bits per heavy atom. The van der Waals surface area contributed by atoms with Gasteiger partial charge in [0.1, 0.15) is 0 Å². The number of carbonyl (C=O) groups is 1. The van der Waals surface area contributed by atoms with Crippen LogP contribution in [0.4, 0.5) is 5.69 Å². The predicted octanol–water partition coefficient (Wildman–Crippen LogP) is 0.599. The second kappa shape index (κ2) is 5.18. The number of hydrogen-bond donors (Lipinski definition) is 3. The minimum Gasteiger partial charge on any atom is -0.395 e. The summed E-state index contributed by atoms with van der Waals surface area (Å²) in [6.07, 6.45) is 3.38. The number of nitrogens with one attached hydrogen (secondary N) is 2. The second-order valence-electron chi connectivity index (χ2n) is 4.31. The third kappa shape index (κ3) is 2.76. The molecule has 0 radical (unpaired) electrons.